The molecule has 0 aliphatic heterocycles. The van der Waals surface area contributed by atoms with E-state index in [1.165, 1.54) is 11.6 Å². The van der Waals surface area contributed by atoms with Crippen molar-refractivity contribution in [2.24, 2.45) is 0 Å². The van der Waals surface area contributed by atoms with Gasteiger partial charge in [0.15, 0.2) is 0 Å². The van der Waals surface area contributed by atoms with Gasteiger partial charge in [0.1, 0.15) is 5.70 Å². The molecule has 0 bridgehead atoms. The minimum Gasteiger partial charge on any atom is -0.290 e. The molecule has 0 radical (unpaired) electrons. The Morgan fingerprint density at radius 1 is 1.24 bits per heavy atom. The molecule has 88 valence electrons. The van der Waals surface area contributed by atoms with E-state index >= 15 is 0 Å². The van der Waals surface area contributed by atoms with Crippen molar-refractivity contribution >= 4 is 17.7 Å². The van der Waals surface area contributed by atoms with E-state index in [2.05, 4.69) is 12.3 Å². The molecule has 1 aromatic carbocycles. The summed E-state index contributed by atoms with van der Waals surface area (Å²) >= 11 is 0. The van der Waals surface area contributed by atoms with Gasteiger partial charge in [-0.05, 0) is 11.6 Å². The first-order valence-electron chi connectivity index (χ1n) is 4.74. The van der Waals surface area contributed by atoms with Crippen molar-refractivity contribution in [1.29, 1.82) is 0 Å². The van der Waals surface area contributed by atoms with Crippen LogP contribution in [0.5, 0.6) is 0 Å². The summed E-state index contributed by atoms with van der Waals surface area (Å²) in [7, 11) is 0. The van der Waals surface area contributed by atoms with Crippen LogP contribution in [0.25, 0.3) is 11.8 Å². The number of carbonyl (C=O) groups is 1. The third-order valence-corrected chi connectivity index (χ3v) is 2.03. The lowest BCUT2D eigenvalue weighted by atomic mass is 10.1. The van der Waals surface area contributed by atoms with Crippen molar-refractivity contribution < 1.29 is 15.2 Å². The second-order valence-electron chi connectivity index (χ2n) is 3.09. The molecule has 0 saturated carbocycles. The van der Waals surface area contributed by atoms with Crippen LogP contribution >= 0.6 is 0 Å². The number of nitrogens with one attached hydrogen (secondary N) is 2. The third kappa shape index (κ3) is 3.62. The van der Waals surface area contributed by atoms with E-state index < -0.39 is 5.91 Å². The molecule has 0 aromatic heterocycles. The molecule has 5 heteroatoms. The summed E-state index contributed by atoms with van der Waals surface area (Å²) in [5.41, 5.74) is 7.86. The van der Waals surface area contributed by atoms with Crippen molar-refractivity contribution in [3.8, 4) is 0 Å². The van der Waals surface area contributed by atoms with Gasteiger partial charge in [0.25, 0.3) is 5.91 Å². The highest BCUT2D eigenvalue weighted by Gasteiger charge is 1.98. The predicted molar refractivity (Wildman–Crippen MR) is 62.9 cm³/mol. The van der Waals surface area contributed by atoms with Gasteiger partial charge >= 0.3 is 0 Å². The number of benzene rings is 1. The molecule has 17 heavy (non-hydrogen) atoms. The summed E-state index contributed by atoms with van der Waals surface area (Å²) in [4.78, 5) is 10.7. The van der Waals surface area contributed by atoms with Crippen molar-refractivity contribution in [2.75, 3.05) is 0 Å². The van der Waals surface area contributed by atoms with Gasteiger partial charge in [0.2, 0.25) is 0 Å². The van der Waals surface area contributed by atoms with Gasteiger partial charge in [-0.15, -0.1) is 5.73 Å². The molecule has 1 amide bonds. The first kappa shape index (κ1) is 12.7. The normalized spacial score (nSPS) is 9.76. The Balaban J connectivity index is 2.85. The van der Waals surface area contributed by atoms with Crippen LogP contribution in [0.1, 0.15) is 11.1 Å². The van der Waals surface area contributed by atoms with Gasteiger partial charge in [-0.2, -0.15) is 0 Å². The summed E-state index contributed by atoms with van der Waals surface area (Å²) in [5.74, 6) is -0.599. The second kappa shape index (κ2) is 6.30. The van der Waals surface area contributed by atoms with Crippen LogP contribution in [0.2, 0.25) is 0 Å². The predicted octanol–water partition coefficient (Wildman–Crippen LogP) is 1.31. The van der Waals surface area contributed by atoms with E-state index in [9.17, 15) is 4.79 Å². The molecule has 0 unspecified atom stereocenters. The molecular weight excluding hydrogens is 220 g/mol. The fourth-order valence-corrected chi connectivity index (χ4v) is 1.18. The van der Waals surface area contributed by atoms with Crippen LogP contribution in [-0.4, -0.2) is 16.3 Å². The fourth-order valence-electron chi connectivity index (χ4n) is 1.18. The van der Waals surface area contributed by atoms with Gasteiger partial charge in [-0.25, -0.2) is 5.48 Å². The van der Waals surface area contributed by atoms with Gasteiger partial charge < -0.3 is 0 Å². The summed E-state index contributed by atoms with van der Waals surface area (Å²) < 4.78 is 0. The molecule has 1 rings (SSSR count). The number of hydrogen-bond acceptors (Lipinski definition) is 4. The van der Waals surface area contributed by atoms with Crippen molar-refractivity contribution in [2.45, 2.75) is 0 Å². The van der Waals surface area contributed by atoms with Crippen LogP contribution in [0.3, 0.4) is 0 Å². The highest BCUT2D eigenvalue weighted by molar-refractivity contribution is 5.90. The van der Waals surface area contributed by atoms with Gasteiger partial charge in [-0.3, -0.25) is 20.7 Å². The van der Waals surface area contributed by atoms with E-state index in [4.69, 9.17) is 10.4 Å². The first-order valence-corrected chi connectivity index (χ1v) is 4.74. The van der Waals surface area contributed by atoms with E-state index in [0.717, 1.165) is 5.56 Å². The lowest BCUT2D eigenvalue weighted by molar-refractivity contribution is -0.124. The molecule has 0 saturated heterocycles. The maximum atomic E-state index is 10.7. The molecule has 5 nitrogen and oxygen atoms in total. The Hall–Kier alpha value is -2.33. The maximum Gasteiger partial charge on any atom is 0.267 e. The van der Waals surface area contributed by atoms with Gasteiger partial charge in [-0.1, -0.05) is 30.8 Å². The Bertz CT molecular complexity index is 471. The van der Waals surface area contributed by atoms with Gasteiger partial charge in [0, 0.05) is 11.6 Å². The maximum absolute atomic E-state index is 10.7. The fraction of sp³-hybridized carbons (Fsp3) is 0. The molecule has 0 spiro atoms. The molecule has 0 heterocycles. The minimum atomic E-state index is -0.599. The largest absolute Gasteiger partial charge is 0.290 e. The molecule has 4 N–H and O–H groups in total. The summed E-state index contributed by atoms with van der Waals surface area (Å²) in [5, 5.41) is 17.1. The molecule has 0 atom stereocenters. The Kier molecular flexibility index (Phi) is 4.72. The first-order chi connectivity index (χ1) is 8.21. The number of hydroxylamine groups is 2. The smallest absolute Gasteiger partial charge is 0.267 e. The quantitative estimate of drug-likeness (QED) is 0.273. The number of hydrogen-bond donors (Lipinski definition) is 4. The standard InChI is InChI=1S/C12H12N2O3/c1-2-11(13-16)10-6-3-9(4-7-10)5-8-12(15)14-17/h3-8,13,16-17H,1H2,(H,14,15)/b8-5+. The van der Waals surface area contributed by atoms with E-state index in [1.54, 1.807) is 30.3 Å². The second-order valence-corrected chi connectivity index (χ2v) is 3.09. The highest BCUT2D eigenvalue weighted by Crippen LogP contribution is 2.12. The zero-order valence-corrected chi connectivity index (χ0v) is 8.97. The van der Waals surface area contributed by atoms with Crippen LogP contribution in [0, 0.1) is 0 Å². The minimum absolute atomic E-state index is 0.369. The summed E-state index contributed by atoms with van der Waals surface area (Å²) in [6.07, 6.45) is 2.74. The summed E-state index contributed by atoms with van der Waals surface area (Å²) in [6, 6.07) is 6.94. The SMILES string of the molecule is C=C=C(NO)c1ccc(/C=C/C(=O)NO)cc1. The molecule has 0 fully saturated rings. The zero-order valence-electron chi connectivity index (χ0n) is 8.97. The van der Waals surface area contributed by atoms with Crippen LogP contribution in [0.4, 0.5) is 0 Å². The van der Waals surface area contributed by atoms with Crippen molar-refractivity contribution in [3.05, 3.63) is 53.8 Å². The molecular formula is C12H12N2O3. The Morgan fingerprint density at radius 3 is 2.35 bits per heavy atom. The Morgan fingerprint density at radius 2 is 1.88 bits per heavy atom. The number of rotatable bonds is 4. The van der Waals surface area contributed by atoms with Crippen LogP contribution in [0.15, 0.2) is 42.7 Å². The highest BCUT2D eigenvalue weighted by atomic mass is 16.5. The molecule has 1 aromatic rings. The number of carbonyl (C=O) groups excluding carboxylic acids is 1. The monoisotopic (exact) mass is 232 g/mol. The average Bonchev–Trinajstić information content (AvgIpc) is 2.38. The van der Waals surface area contributed by atoms with E-state index in [-0.39, 0.29) is 0 Å². The molecule has 0 aliphatic carbocycles. The number of amides is 1. The summed E-state index contributed by atoms with van der Waals surface area (Å²) in [6.45, 7) is 3.42. The van der Waals surface area contributed by atoms with E-state index in [0.29, 0.717) is 11.3 Å². The Labute approximate surface area is 98.3 Å². The topological polar surface area (TPSA) is 81.6 Å². The van der Waals surface area contributed by atoms with E-state index in [1.807, 2.05) is 5.48 Å². The lowest BCUT2D eigenvalue weighted by Gasteiger charge is -2.02. The zero-order chi connectivity index (χ0) is 12.7. The molecule has 0 aliphatic rings. The van der Waals surface area contributed by atoms with Crippen molar-refractivity contribution in [3.63, 3.8) is 0 Å². The van der Waals surface area contributed by atoms with Crippen LogP contribution in [-0.2, 0) is 4.79 Å². The third-order valence-electron chi connectivity index (χ3n) is 2.03. The average molecular weight is 232 g/mol. The van der Waals surface area contributed by atoms with Crippen molar-refractivity contribution in [1.82, 2.24) is 11.0 Å². The van der Waals surface area contributed by atoms with Gasteiger partial charge in [0.05, 0.1) is 0 Å². The lowest BCUT2D eigenvalue weighted by Crippen LogP contribution is -2.14. The van der Waals surface area contributed by atoms with Crippen LogP contribution < -0.4 is 11.0 Å².